The van der Waals surface area contributed by atoms with Crippen molar-refractivity contribution >= 4 is 11.9 Å². The second-order valence-corrected chi connectivity index (χ2v) is 7.89. The van der Waals surface area contributed by atoms with E-state index in [4.69, 9.17) is 0 Å². The van der Waals surface area contributed by atoms with Gasteiger partial charge in [-0.1, -0.05) is 0 Å². The Morgan fingerprint density at radius 3 is 2.38 bits per heavy atom. The van der Waals surface area contributed by atoms with Crippen LogP contribution in [-0.4, -0.2) is 58.9 Å². The molecule has 3 fully saturated rings. The maximum absolute atomic E-state index is 12.6. The Labute approximate surface area is 155 Å². The molecule has 6 nitrogen and oxygen atoms in total. The highest BCUT2D eigenvalue weighted by molar-refractivity contribution is 5.81. The van der Waals surface area contributed by atoms with Crippen molar-refractivity contribution in [3.8, 4) is 0 Å². The van der Waals surface area contributed by atoms with Crippen molar-refractivity contribution in [2.45, 2.75) is 50.5 Å². The molecule has 0 spiro atoms. The van der Waals surface area contributed by atoms with E-state index in [2.05, 4.69) is 22.4 Å². The zero-order valence-electron chi connectivity index (χ0n) is 15.3. The van der Waals surface area contributed by atoms with Gasteiger partial charge < -0.3 is 15.1 Å². The molecule has 3 aliphatic rings. The van der Waals surface area contributed by atoms with Crippen LogP contribution in [-0.2, 0) is 4.79 Å². The molecule has 26 heavy (non-hydrogen) atoms. The molecule has 0 unspecified atom stereocenters. The Hall–Kier alpha value is -2.11. The summed E-state index contributed by atoms with van der Waals surface area (Å²) < 4.78 is 0. The molecule has 1 saturated carbocycles. The molecule has 1 aromatic rings. The number of hydrogen-bond donors (Lipinski definition) is 1. The normalized spacial score (nSPS) is 24.4. The van der Waals surface area contributed by atoms with Crippen LogP contribution < -0.4 is 5.32 Å². The Kier molecular flexibility index (Phi) is 5.09. The van der Waals surface area contributed by atoms with Crippen LogP contribution in [0.4, 0.5) is 4.79 Å². The molecule has 3 heterocycles. The van der Waals surface area contributed by atoms with E-state index >= 15 is 0 Å². The summed E-state index contributed by atoms with van der Waals surface area (Å²) in [7, 11) is 0. The Morgan fingerprint density at radius 1 is 0.962 bits per heavy atom. The maximum atomic E-state index is 12.6. The monoisotopic (exact) mass is 356 g/mol. The summed E-state index contributed by atoms with van der Waals surface area (Å²) in [6.07, 6.45) is 9.69. The van der Waals surface area contributed by atoms with Crippen molar-refractivity contribution in [1.82, 2.24) is 20.1 Å². The summed E-state index contributed by atoms with van der Waals surface area (Å²) >= 11 is 0. The third-order valence-electron chi connectivity index (χ3n) is 5.95. The standard InChI is InChI=1S/C20H28N4O2/c25-19(17-3-4-17)24-11-1-2-18(14-24)22-20(26)23-12-7-16(8-13-23)15-5-9-21-10-6-15/h5-6,9-10,16-18H,1-4,7-8,11-14H2,(H,22,26)/t18-/m1/s1. The van der Waals surface area contributed by atoms with Crippen molar-refractivity contribution in [2.24, 2.45) is 5.92 Å². The number of carbonyl (C=O) groups is 2. The van der Waals surface area contributed by atoms with Crippen molar-refractivity contribution < 1.29 is 9.59 Å². The van der Waals surface area contributed by atoms with Crippen molar-refractivity contribution in [1.29, 1.82) is 0 Å². The van der Waals surface area contributed by atoms with E-state index < -0.39 is 0 Å². The number of likely N-dealkylation sites (tertiary alicyclic amines) is 2. The highest BCUT2D eigenvalue weighted by atomic mass is 16.2. The summed E-state index contributed by atoms with van der Waals surface area (Å²) in [5.41, 5.74) is 1.32. The average Bonchev–Trinajstić information content (AvgIpc) is 3.54. The lowest BCUT2D eigenvalue weighted by atomic mass is 9.90. The molecule has 3 amide bonds. The highest BCUT2D eigenvalue weighted by Gasteiger charge is 2.36. The highest BCUT2D eigenvalue weighted by Crippen LogP contribution is 2.32. The van der Waals surface area contributed by atoms with Crippen LogP contribution in [0.25, 0.3) is 0 Å². The predicted octanol–water partition coefficient (Wildman–Crippen LogP) is 2.37. The number of amides is 3. The molecule has 1 aromatic heterocycles. The lowest BCUT2D eigenvalue weighted by Gasteiger charge is -2.36. The smallest absolute Gasteiger partial charge is 0.317 e. The molecule has 1 atom stereocenters. The Balaban J connectivity index is 1.25. The van der Waals surface area contributed by atoms with E-state index in [1.807, 2.05) is 22.2 Å². The largest absolute Gasteiger partial charge is 0.340 e. The first-order valence-corrected chi connectivity index (χ1v) is 9.95. The molecule has 0 radical (unpaired) electrons. The lowest BCUT2D eigenvalue weighted by Crippen LogP contribution is -2.54. The van der Waals surface area contributed by atoms with Gasteiger partial charge in [-0.25, -0.2) is 4.79 Å². The van der Waals surface area contributed by atoms with E-state index in [-0.39, 0.29) is 18.0 Å². The Morgan fingerprint density at radius 2 is 1.69 bits per heavy atom. The quantitative estimate of drug-likeness (QED) is 0.904. The maximum Gasteiger partial charge on any atom is 0.317 e. The van der Waals surface area contributed by atoms with Crippen LogP contribution in [0.3, 0.4) is 0 Å². The fourth-order valence-electron chi connectivity index (χ4n) is 4.20. The van der Waals surface area contributed by atoms with E-state index in [1.54, 1.807) is 0 Å². The van der Waals surface area contributed by atoms with Crippen LogP contribution in [0, 0.1) is 5.92 Å². The third-order valence-corrected chi connectivity index (χ3v) is 5.95. The van der Waals surface area contributed by atoms with Gasteiger partial charge in [-0.2, -0.15) is 0 Å². The van der Waals surface area contributed by atoms with Crippen LogP contribution in [0.1, 0.15) is 50.0 Å². The van der Waals surface area contributed by atoms with Gasteiger partial charge in [0, 0.05) is 50.5 Å². The minimum Gasteiger partial charge on any atom is -0.340 e. The second kappa shape index (κ2) is 7.64. The van der Waals surface area contributed by atoms with Gasteiger partial charge in [0.05, 0.1) is 0 Å². The van der Waals surface area contributed by atoms with Gasteiger partial charge in [0.25, 0.3) is 0 Å². The molecule has 2 aliphatic heterocycles. The predicted molar refractivity (Wildman–Crippen MR) is 98.6 cm³/mol. The first-order chi connectivity index (χ1) is 12.7. The van der Waals surface area contributed by atoms with Crippen LogP contribution >= 0.6 is 0 Å². The average molecular weight is 356 g/mol. The summed E-state index contributed by atoms with van der Waals surface area (Å²) in [6, 6.07) is 4.28. The van der Waals surface area contributed by atoms with Crippen molar-refractivity contribution in [2.75, 3.05) is 26.2 Å². The fraction of sp³-hybridized carbons (Fsp3) is 0.650. The summed E-state index contributed by atoms with van der Waals surface area (Å²) in [5, 5.41) is 3.17. The number of nitrogens with zero attached hydrogens (tertiary/aromatic N) is 3. The molecule has 1 aliphatic carbocycles. The second-order valence-electron chi connectivity index (χ2n) is 7.89. The minimum absolute atomic E-state index is 0.0314. The summed E-state index contributed by atoms with van der Waals surface area (Å²) in [5.74, 6) is 1.07. The Bertz CT molecular complexity index is 638. The zero-order valence-corrected chi connectivity index (χ0v) is 15.3. The van der Waals surface area contributed by atoms with E-state index in [0.29, 0.717) is 18.4 Å². The van der Waals surface area contributed by atoms with Crippen LogP contribution in [0.5, 0.6) is 0 Å². The molecule has 4 rings (SSSR count). The number of carbonyl (C=O) groups excluding carboxylic acids is 2. The SMILES string of the molecule is O=C(N[C@@H]1CCCN(C(=O)C2CC2)C1)N1CCC(c2ccncc2)CC1. The number of pyridine rings is 1. The summed E-state index contributed by atoms with van der Waals surface area (Å²) in [6.45, 7) is 3.10. The number of piperidine rings is 2. The third kappa shape index (κ3) is 4.00. The molecule has 0 aromatic carbocycles. The number of hydrogen-bond acceptors (Lipinski definition) is 3. The molecule has 2 saturated heterocycles. The number of rotatable bonds is 3. The number of nitrogens with one attached hydrogen (secondary N) is 1. The van der Waals surface area contributed by atoms with E-state index in [9.17, 15) is 9.59 Å². The van der Waals surface area contributed by atoms with Gasteiger partial charge in [0.15, 0.2) is 0 Å². The van der Waals surface area contributed by atoms with Gasteiger partial charge in [0.2, 0.25) is 5.91 Å². The van der Waals surface area contributed by atoms with Crippen LogP contribution in [0.2, 0.25) is 0 Å². The molecule has 6 heteroatoms. The van der Waals surface area contributed by atoms with Gasteiger partial charge >= 0.3 is 6.03 Å². The molecule has 140 valence electrons. The molecular formula is C20H28N4O2. The molecule has 1 N–H and O–H groups in total. The van der Waals surface area contributed by atoms with Gasteiger partial charge in [-0.3, -0.25) is 9.78 Å². The number of aromatic nitrogens is 1. The van der Waals surface area contributed by atoms with E-state index in [1.165, 1.54) is 5.56 Å². The van der Waals surface area contributed by atoms with Crippen LogP contribution in [0.15, 0.2) is 24.5 Å². The van der Waals surface area contributed by atoms with E-state index in [0.717, 1.165) is 58.2 Å². The van der Waals surface area contributed by atoms with Crippen molar-refractivity contribution in [3.63, 3.8) is 0 Å². The van der Waals surface area contributed by atoms with Gasteiger partial charge in [-0.05, 0) is 62.1 Å². The van der Waals surface area contributed by atoms with Gasteiger partial charge in [0.1, 0.15) is 0 Å². The number of urea groups is 1. The first kappa shape index (κ1) is 17.3. The molecule has 0 bridgehead atoms. The van der Waals surface area contributed by atoms with Crippen molar-refractivity contribution in [3.05, 3.63) is 30.1 Å². The van der Waals surface area contributed by atoms with Gasteiger partial charge in [-0.15, -0.1) is 0 Å². The fourth-order valence-corrected chi connectivity index (χ4v) is 4.20. The topological polar surface area (TPSA) is 65.5 Å². The lowest BCUT2D eigenvalue weighted by molar-refractivity contribution is -0.133. The molecular weight excluding hydrogens is 328 g/mol. The zero-order chi connectivity index (χ0) is 17.9. The first-order valence-electron chi connectivity index (χ1n) is 9.95. The minimum atomic E-state index is 0.0314. The summed E-state index contributed by atoms with van der Waals surface area (Å²) in [4.78, 5) is 32.9.